The van der Waals surface area contributed by atoms with Crippen LogP contribution in [0, 0.1) is 5.92 Å². The molecule has 2 fully saturated rings. The lowest BCUT2D eigenvalue weighted by Crippen LogP contribution is -2.33. The van der Waals surface area contributed by atoms with E-state index in [-0.39, 0.29) is 17.3 Å². The lowest BCUT2D eigenvalue weighted by Gasteiger charge is -2.26. The minimum Gasteiger partial charge on any atom is -0.428 e. The van der Waals surface area contributed by atoms with Crippen LogP contribution in [0.1, 0.15) is 36.0 Å². The van der Waals surface area contributed by atoms with Gasteiger partial charge in [-0.05, 0) is 37.8 Å². The van der Waals surface area contributed by atoms with Gasteiger partial charge in [-0.3, -0.25) is 4.79 Å². The Morgan fingerprint density at radius 1 is 1.22 bits per heavy atom. The predicted octanol–water partition coefficient (Wildman–Crippen LogP) is 4.78. The molecule has 0 spiro atoms. The highest BCUT2D eigenvalue weighted by Gasteiger charge is 2.44. The summed E-state index contributed by atoms with van der Waals surface area (Å²) in [5.74, 6) is -0.665. The third-order valence-electron chi connectivity index (χ3n) is 4.29. The molecule has 2 nitrogen and oxygen atoms in total. The Hall–Kier alpha value is -1.24. The van der Waals surface area contributed by atoms with Crippen LogP contribution in [0.3, 0.4) is 0 Å². The van der Waals surface area contributed by atoms with Crippen LogP contribution in [0.15, 0.2) is 24.3 Å². The highest BCUT2D eigenvalue weighted by Crippen LogP contribution is 2.46. The molecule has 2 bridgehead atoms. The zero-order valence-corrected chi connectivity index (χ0v) is 13.0. The molecule has 2 aliphatic heterocycles. The van der Waals surface area contributed by atoms with Gasteiger partial charge < -0.3 is 4.74 Å². The molecule has 1 aromatic rings. The minimum absolute atomic E-state index is 0.118. The van der Waals surface area contributed by atoms with Crippen LogP contribution in [0.2, 0.25) is 0 Å². The Balaban J connectivity index is 1.73. The average molecular weight is 348 g/mol. The smallest absolute Gasteiger partial charge is 0.428 e. The van der Waals surface area contributed by atoms with Crippen LogP contribution >= 0.6 is 11.8 Å². The van der Waals surface area contributed by atoms with Crippen LogP contribution in [0.5, 0.6) is 5.75 Å². The molecule has 0 amide bonds. The van der Waals surface area contributed by atoms with Gasteiger partial charge in [0.15, 0.2) is 5.78 Å². The SMILES string of the molecule is O=C(c1cccc(OC(F)(F)C(F)F)c1)C1CC2CCC(C1)S2. The number of carbonyl (C=O) groups is 1. The molecule has 0 N–H and O–H groups in total. The van der Waals surface area contributed by atoms with Crippen LogP contribution in [-0.4, -0.2) is 28.8 Å². The average Bonchev–Trinajstić information content (AvgIpc) is 2.84. The van der Waals surface area contributed by atoms with Gasteiger partial charge in [-0.1, -0.05) is 12.1 Å². The van der Waals surface area contributed by atoms with Crippen LogP contribution in [0.4, 0.5) is 17.6 Å². The number of hydrogen-bond acceptors (Lipinski definition) is 3. The molecular formula is C16H16F4O2S. The number of thioether (sulfide) groups is 1. The van der Waals surface area contributed by atoms with Gasteiger partial charge in [-0.25, -0.2) is 0 Å². The summed E-state index contributed by atoms with van der Waals surface area (Å²) in [5, 5.41) is 0.982. The van der Waals surface area contributed by atoms with Crippen molar-refractivity contribution in [2.75, 3.05) is 0 Å². The molecule has 0 saturated carbocycles. The van der Waals surface area contributed by atoms with Crippen LogP contribution in [0.25, 0.3) is 0 Å². The van der Waals surface area contributed by atoms with Gasteiger partial charge >= 0.3 is 12.5 Å². The second-order valence-electron chi connectivity index (χ2n) is 5.98. The normalized spacial score (nSPS) is 27.3. The molecule has 2 heterocycles. The van der Waals surface area contributed by atoms with E-state index in [2.05, 4.69) is 4.74 Å². The number of benzene rings is 1. The maximum atomic E-state index is 13.0. The molecule has 0 radical (unpaired) electrons. The van der Waals surface area contributed by atoms with Gasteiger partial charge in [-0.2, -0.15) is 29.3 Å². The van der Waals surface area contributed by atoms with Crippen molar-refractivity contribution >= 4 is 17.5 Å². The van der Waals surface area contributed by atoms with E-state index in [1.54, 1.807) is 0 Å². The molecule has 0 aromatic heterocycles. The summed E-state index contributed by atoms with van der Waals surface area (Å²) in [6, 6.07) is 5.16. The number of rotatable bonds is 5. The van der Waals surface area contributed by atoms with Crippen molar-refractivity contribution in [3.05, 3.63) is 29.8 Å². The molecule has 2 unspecified atom stereocenters. The van der Waals surface area contributed by atoms with Crippen molar-refractivity contribution in [3.63, 3.8) is 0 Å². The maximum Gasteiger partial charge on any atom is 0.461 e. The first-order valence-corrected chi connectivity index (χ1v) is 8.44. The molecule has 7 heteroatoms. The number of carbonyl (C=O) groups excluding carboxylic acids is 1. The lowest BCUT2D eigenvalue weighted by molar-refractivity contribution is -0.253. The molecule has 126 valence electrons. The van der Waals surface area contributed by atoms with Gasteiger partial charge in [0.2, 0.25) is 0 Å². The highest BCUT2D eigenvalue weighted by atomic mass is 32.2. The van der Waals surface area contributed by atoms with E-state index >= 15 is 0 Å². The monoisotopic (exact) mass is 348 g/mol. The van der Waals surface area contributed by atoms with E-state index in [9.17, 15) is 22.4 Å². The summed E-state index contributed by atoms with van der Waals surface area (Å²) in [4.78, 5) is 12.6. The molecule has 1 aromatic carbocycles. The summed E-state index contributed by atoms with van der Waals surface area (Å²) in [5.41, 5.74) is 0.240. The van der Waals surface area contributed by atoms with Gasteiger partial charge in [-0.15, -0.1) is 0 Å². The van der Waals surface area contributed by atoms with Crippen molar-refractivity contribution in [2.45, 2.75) is 48.7 Å². The Morgan fingerprint density at radius 3 is 2.48 bits per heavy atom. The third kappa shape index (κ3) is 3.65. The van der Waals surface area contributed by atoms with E-state index in [1.165, 1.54) is 12.1 Å². The number of halogens is 4. The van der Waals surface area contributed by atoms with Crippen LogP contribution < -0.4 is 4.74 Å². The number of alkyl halides is 4. The topological polar surface area (TPSA) is 26.3 Å². The fraction of sp³-hybridized carbons (Fsp3) is 0.562. The summed E-state index contributed by atoms with van der Waals surface area (Å²) in [6.45, 7) is 0. The van der Waals surface area contributed by atoms with Gasteiger partial charge in [0.05, 0.1) is 0 Å². The molecule has 2 atom stereocenters. The summed E-state index contributed by atoms with van der Waals surface area (Å²) in [6.07, 6.45) is -4.68. The van der Waals surface area contributed by atoms with Gasteiger partial charge in [0.25, 0.3) is 0 Å². The standard InChI is InChI=1S/C16H16F4O2S/c17-15(18)16(19,20)22-11-3-1-2-9(6-11)14(21)10-7-12-4-5-13(8-10)23-12/h1-3,6,10,12-13,15H,4-5,7-8H2. The second-order valence-corrected chi connectivity index (χ2v) is 7.59. The van der Waals surface area contributed by atoms with Crippen molar-refractivity contribution in [1.82, 2.24) is 0 Å². The first-order valence-electron chi connectivity index (χ1n) is 7.50. The quantitative estimate of drug-likeness (QED) is 0.566. The second kappa shape index (κ2) is 6.34. The lowest BCUT2D eigenvalue weighted by atomic mass is 9.90. The molecule has 23 heavy (non-hydrogen) atoms. The first-order chi connectivity index (χ1) is 10.8. The Labute approximate surface area is 135 Å². The molecule has 3 rings (SSSR count). The number of fused-ring (bicyclic) bond motifs is 2. The molecular weight excluding hydrogens is 332 g/mol. The minimum atomic E-state index is -4.57. The first kappa shape index (κ1) is 16.6. The Morgan fingerprint density at radius 2 is 1.87 bits per heavy atom. The summed E-state index contributed by atoms with van der Waals surface area (Å²) < 4.78 is 54.4. The molecule has 2 saturated heterocycles. The fourth-order valence-electron chi connectivity index (χ4n) is 3.22. The van der Waals surface area contributed by atoms with Crippen molar-refractivity contribution in [3.8, 4) is 5.75 Å². The summed E-state index contributed by atoms with van der Waals surface area (Å²) in [7, 11) is 0. The van der Waals surface area contributed by atoms with Gasteiger partial charge in [0, 0.05) is 22.0 Å². The summed E-state index contributed by atoms with van der Waals surface area (Å²) >= 11 is 1.92. The highest BCUT2D eigenvalue weighted by molar-refractivity contribution is 8.00. The van der Waals surface area contributed by atoms with E-state index in [4.69, 9.17) is 0 Å². The number of Topliss-reactive ketones (excluding diaryl/α,β-unsaturated/α-hetero) is 1. The third-order valence-corrected chi connectivity index (χ3v) is 5.91. The number of ketones is 1. The van der Waals surface area contributed by atoms with Gasteiger partial charge in [0.1, 0.15) is 5.75 Å². The van der Waals surface area contributed by atoms with E-state index < -0.39 is 18.3 Å². The van der Waals surface area contributed by atoms with Crippen molar-refractivity contribution < 1.29 is 27.1 Å². The number of hydrogen-bond donors (Lipinski definition) is 0. The van der Waals surface area contributed by atoms with Crippen LogP contribution in [-0.2, 0) is 0 Å². The van der Waals surface area contributed by atoms with E-state index in [1.807, 2.05) is 11.8 Å². The molecule has 2 aliphatic rings. The Bertz CT molecular complexity index is 581. The zero-order valence-electron chi connectivity index (χ0n) is 12.2. The number of ether oxygens (including phenoxy) is 1. The largest absolute Gasteiger partial charge is 0.461 e. The van der Waals surface area contributed by atoms with E-state index in [0.29, 0.717) is 10.5 Å². The van der Waals surface area contributed by atoms with Crippen molar-refractivity contribution in [2.24, 2.45) is 5.92 Å². The van der Waals surface area contributed by atoms with Crippen molar-refractivity contribution in [1.29, 1.82) is 0 Å². The van der Waals surface area contributed by atoms with E-state index in [0.717, 1.165) is 37.8 Å². The maximum absolute atomic E-state index is 13.0. The zero-order chi connectivity index (χ0) is 16.6. The Kier molecular flexibility index (Phi) is 4.58. The fourth-order valence-corrected chi connectivity index (χ4v) is 5.00. The molecule has 0 aliphatic carbocycles. The predicted molar refractivity (Wildman–Crippen MR) is 79.5 cm³/mol.